The van der Waals surface area contributed by atoms with Crippen molar-refractivity contribution in [2.45, 2.75) is 32.7 Å². The number of carbonyl (C=O) groups excluding carboxylic acids is 1. The fraction of sp³-hybridized carbons (Fsp3) is 0.353. The van der Waals surface area contributed by atoms with Crippen molar-refractivity contribution in [2.75, 3.05) is 6.54 Å². The number of nitrogens with zero attached hydrogens (tertiary/aromatic N) is 1. The molecule has 2 heterocycles. The van der Waals surface area contributed by atoms with Gasteiger partial charge in [-0.1, -0.05) is 6.07 Å². The number of rotatable bonds is 3. The predicted molar refractivity (Wildman–Crippen MR) is 88.0 cm³/mol. The number of hydrogen-bond donors (Lipinski definition) is 3. The van der Waals surface area contributed by atoms with Crippen molar-refractivity contribution in [1.29, 1.82) is 0 Å². The molecule has 1 amide bonds. The quantitative estimate of drug-likeness (QED) is 0.766. The van der Waals surface area contributed by atoms with Gasteiger partial charge in [0, 0.05) is 30.8 Å². The molecular formula is C17H19N3O4. The molecule has 126 valence electrons. The molecule has 0 spiro atoms. The second-order valence-electron chi connectivity index (χ2n) is 6.03. The topological polar surface area (TPSA) is 106 Å². The minimum Gasteiger partial charge on any atom is -0.508 e. The van der Waals surface area contributed by atoms with Gasteiger partial charge in [0.1, 0.15) is 5.75 Å². The van der Waals surface area contributed by atoms with E-state index in [0.717, 1.165) is 17.5 Å². The first-order chi connectivity index (χ1) is 11.4. The Morgan fingerprint density at radius 3 is 2.79 bits per heavy atom. The van der Waals surface area contributed by atoms with Crippen LogP contribution in [0.3, 0.4) is 0 Å². The summed E-state index contributed by atoms with van der Waals surface area (Å²) in [5, 5.41) is 9.58. The highest BCUT2D eigenvalue weighted by atomic mass is 16.3. The van der Waals surface area contributed by atoms with Gasteiger partial charge in [0.05, 0.1) is 0 Å². The van der Waals surface area contributed by atoms with Crippen LogP contribution >= 0.6 is 0 Å². The SMILES string of the molecule is Cc1[nH]c(=O)[nH]c(=O)c1CCC(=O)N1CCc2ccc(O)cc2C1. The number of H-pyrrole nitrogens is 2. The molecule has 7 nitrogen and oxygen atoms in total. The third-order valence-electron chi connectivity index (χ3n) is 4.40. The Morgan fingerprint density at radius 1 is 1.25 bits per heavy atom. The molecule has 1 aromatic heterocycles. The molecule has 7 heteroatoms. The van der Waals surface area contributed by atoms with Crippen LogP contribution in [0.25, 0.3) is 0 Å². The number of fused-ring (bicyclic) bond motifs is 1. The Kier molecular flexibility index (Phi) is 4.24. The lowest BCUT2D eigenvalue weighted by Gasteiger charge is -2.29. The van der Waals surface area contributed by atoms with E-state index in [0.29, 0.717) is 24.3 Å². The fourth-order valence-electron chi connectivity index (χ4n) is 3.07. The third-order valence-corrected chi connectivity index (χ3v) is 4.40. The van der Waals surface area contributed by atoms with E-state index in [1.54, 1.807) is 24.0 Å². The van der Waals surface area contributed by atoms with Crippen molar-refractivity contribution in [3.63, 3.8) is 0 Å². The lowest BCUT2D eigenvalue weighted by Crippen LogP contribution is -2.36. The van der Waals surface area contributed by atoms with Gasteiger partial charge in [0.15, 0.2) is 0 Å². The largest absolute Gasteiger partial charge is 0.508 e. The van der Waals surface area contributed by atoms with Crippen molar-refractivity contribution < 1.29 is 9.90 Å². The fourth-order valence-corrected chi connectivity index (χ4v) is 3.07. The van der Waals surface area contributed by atoms with Crippen LogP contribution < -0.4 is 11.2 Å². The number of benzene rings is 1. The summed E-state index contributed by atoms with van der Waals surface area (Å²) in [6.07, 6.45) is 1.23. The monoisotopic (exact) mass is 329 g/mol. The first kappa shape index (κ1) is 16.0. The Hall–Kier alpha value is -2.83. The molecule has 0 fully saturated rings. The standard InChI is InChI=1S/C17H19N3O4/c1-10-14(16(23)19-17(24)18-10)4-5-15(22)20-7-6-11-2-3-13(21)8-12(11)9-20/h2-3,8,21H,4-7,9H2,1H3,(H2,18,19,23,24). The molecule has 2 aromatic rings. The van der Waals surface area contributed by atoms with Crippen molar-refractivity contribution in [1.82, 2.24) is 14.9 Å². The Bertz CT molecular complexity index is 897. The zero-order valence-corrected chi connectivity index (χ0v) is 13.4. The first-order valence-corrected chi connectivity index (χ1v) is 7.84. The number of nitrogens with one attached hydrogen (secondary N) is 2. The van der Waals surface area contributed by atoms with Crippen molar-refractivity contribution in [3.05, 3.63) is 61.4 Å². The number of aryl methyl sites for hydroxylation is 1. The smallest absolute Gasteiger partial charge is 0.325 e. The Morgan fingerprint density at radius 2 is 2.04 bits per heavy atom. The third kappa shape index (κ3) is 3.24. The molecule has 0 saturated carbocycles. The number of aromatic hydroxyl groups is 1. The van der Waals surface area contributed by atoms with Gasteiger partial charge in [-0.3, -0.25) is 14.6 Å². The van der Waals surface area contributed by atoms with Crippen LogP contribution in [0.2, 0.25) is 0 Å². The summed E-state index contributed by atoms with van der Waals surface area (Å²) in [7, 11) is 0. The van der Waals surface area contributed by atoms with Gasteiger partial charge in [0.25, 0.3) is 5.56 Å². The maximum atomic E-state index is 12.4. The summed E-state index contributed by atoms with van der Waals surface area (Å²) in [6, 6.07) is 5.23. The number of phenols is 1. The van der Waals surface area contributed by atoms with Gasteiger partial charge in [-0.25, -0.2) is 4.79 Å². The minimum atomic E-state index is -0.542. The maximum absolute atomic E-state index is 12.4. The lowest BCUT2D eigenvalue weighted by atomic mass is 9.99. The van der Waals surface area contributed by atoms with Gasteiger partial charge >= 0.3 is 5.69 Å². The molecule has 1 aliphatic rings. The van der Waals surface area contributed by atoms with Crippen molar-refractivity contribution >= 4 is 5.91 Å². The summed E-state index contributed by atoms with van der Waals surface area (Å²) in [4.78, 5) is 41.9. The Labute approximate surface area is 138 Å². The van der Waals surface area contributed by atoms with Gasteiger partial charge in [-0.15, -0.1) is 0 Å². The van der Waals surface area contributed by atoms with E-state index in [1.807, 2.05) is 6.07 Å². The molecule has 0 radical (unpaired) electrons. The van der Waals surface area contributed by atoms with Crippen LogP contribution in [0.15, 0.2) is 27.8 Å². The molecule has 0 atom stereocenters. The molecule has 0 aliphatic carbocycles. The summed E-state index contributed by atoms with van der Waals surface area (Å²) >= 11 is 0. The van der Waals surface area contributed by atoms with E-state index in [-0.39, 0.29) is 24.5 Å². The van der Waals surface area contributed by atoms with E-state index in [1.165, 1.54) is 0 Å². The molecule has 3 N–H and O–H groups in total. The zero-order chi connectivity index (χ0) is 17.3. The number of aromatic amines is 2. The normalized spacial score (nSPS) is 13.6. The summed E-state index contributed by atoms with van der Waals surface area (Å²) in [6.45, 7) is 2.73. The second kappa shape index (κ2) is 6.35. The number of amides is 1. The van der Waals surface area contributed by atoms with Gasteiger partial charge in [-0.05, 0) is 43.0 Å². The van der Waals surface area contributed by atoms with E-state index < -0.39 is 11.2 Å². The first-order valence-electron chi connectivity index (χ1n) is 7.84. The average Bonchev–Trinajstić information content (AvgIpc) is 2.52. The van der Waals surface area contributed by atoms with E-state index >= 15 is 0 Å². The number of aromatic nitrogens is 2. The highest BCUT2D eigenvalue weighted by Crippen LogP contribution is 2.23. The van der Waals surface area contributed by atoms with Gasteiger partial charge in [0.2, 0.25) is 5.91 Å². The average molecular weight is 329 g/mol. The van der Waals surface area contributed by atoms with Crippen LogP contribution in [0.1, 0.15) is 28.8 Å². The highest BCUT2D eigenvalue weighted by molar-refractivity contribution is 5.76. The number of carbonyl (C=O) groups is 1. The van der Waals surface area contributed by atoms with Crippen LogP contribution in [-0.4, -0.2) is 32.4 Å². The lowest BCUT2D eigenvalue weighted by molar-refractivity contribution is -0.132. The number of phenolic OH excluding ortho intramolecular Hbond substituents is 1. The molecule has 1 aliphatic heterocycles. The van der Waals surface area contributed by atoms with Gasteiger partial charge in [-0.2, -0.15) is 0 Å². The maximum Gasteiger partial charge on any atom is 0.325 e. The summed E-state index contributed by atoms with van der Waals surface area (Å²) in [5.74, 6) is 0.146. The highest BCUT2D eigenvalue weighted by Gasteiger charge is 2.21. The van der Waals surface area contributed by atoms with E-state index in [4.69, 9.17) is 0 Å². The second-order valence-corrected chi connectivity index (χ2v) is 6.03. The molecular weight excluding hydrogens is 310 g/mol. The number of hydrogen-bond acceptors (Lipinski definition) is 4. The molecule has 0 unspecified atom stereocenters. The zero-order valence-electron chi connectivity index (χ0n) is 13.4. The molecule has 3 rings (SSSR count). The molecule has 24 heavy (non-hydrogen) atoms. The molecule has 1 aromatic carbocycles. The van der Waals surface area contributed by atoms with E-state index in [9.17, 15) is 19.5 Å². The minimum absolute atomic E-state index is 0.0472. The van der Waals surface area contributed by atoms with Crippen molar-refractivity contribution in [3.8, 4) is 5.75 Å². The van der Waals surface area contributed by atoms with Crippen LogP contribution in [-0.2, 0) is 24.2 Å². The molecule has 0 bridgehead atoms. The van der Waals surface area contributed by atoms with Gasteiger partial charge < -0.3 is 15.0 Å². The van der Waals surface area contributed by atoms with Crippen LogP contribution in [0.4, 0.5) is 0 Å². The summed E-state index contributed by atoms with van der Waals surface area (Å²) in [5.41, 5.74) is 2.03. The van der Waals surface area contributed by atoms with Crippen LogP contribution in [0, 0.1) is 6.92 Å². The van der Waals surface area contributed by atoms with Crippen molar-refractivity contribution in [2.24, 2.45) is 0 Å². The predicted octanol–water partition coefficient (Wildman–Crippen LogP) is 0.595. The Balaban J connectivity index is 1.68. The molecule has 0 saturated heterocycles. The van der Waals surface area contributed by atoms with Crippen LogP contribution in [0.5, 0.6) is 5.75 Å². The van der Waals surface area contributed by atoms with E-state index in [2.05, 4.69) is 9.97 Å². The summed E-state index contributed by atoms with van der Waals surface area (Å²) < 4.78 is 0.